The molecule has 108 valence electrons. The molecule has 6 heteroatoms. The highest BCUT2D eigenvalue weighted by Gasteiger charge is 2.32. The van der Waals surface area contributed by atoms with Crippen LogP contribution in [0.2, 0.25) is 0 Å². The Hall–Kier alpha value is -1.45. The molecule has 1 aromatic heterocycles. The minimum absolute atomic E-state index is 0.249. The van der Waals surface area contributed by atoms with Crippen LogP contribution in [0.15, 0.2) is 0 Å². The maximum absolute atomic E-state index is 9.02. The van der Waals surface area contributed by atoms with Crippen LogP contribution in [-0.4, -0.2) is 46.2 Å². The van der Waals surface area contributed by atoms with E-state index in [0.29, 0.717) is 12.6 Å². The molecule has 0 bridgehead atoms. The molecule has 2 aliphatic rings. The van der Waals surface area contributed by atoms with E-state index in [0.717, 1.165) is 51.0 Å². The average molecular weight is 275 g/mol. The molecule has 1 aromatic rings. The molecule has 3 rings (SSSR count). The largest absolute Gasteiger partial charge is 0.383 e. The zero-order chi connectivity index (χ0) is 13.9. The van der Waals surface area contributed by atoms with Crippen LogP contribution in [0, 0.1) is 17.2 Å². The molecule has 2 unspecified atom stereocenters. The number of hydrogen-bond donors (Lipinski definition) is 0. The van der Waals surface area contributed by atoms with Crippen LogP contribution in [0.5, 0.6) is 0 Å². The van der Waals surface area contributed by atoms with Crippen LogP contribution in [0.4, 0.5) is 0 Å². The van der Waals surface area contributed by atoms with E-state index in [9.17, 15) is 0 Å². The number of aromatic nitrogens is 3. The maximum Gasteiger partial charge on any atom is 0.0999 e. The Morgan fingerprint density at radius 3 is 3.10 bits per heavy atom. The van der Waals surface area contributed by atoms with E-state index in [-0.39, 0.29) is 5.92 Å². The maximum atomic E-state index is 9.02. The molecule has 1 fully saturated rings. The highest BCUT2D eigenvalue weighted by Crippen LogP contribution is 2.31. The Morgan fingerprint density at radius 2 is 2.35 bits per heavy atom. The molecule has 6 nitrogen and oxygen atoms in total. The van der Waals surface area contributed by atoms with E-state index in [1.165, 1.54) is 5.69 Å². The number of rotatable bonds is 4. The zero-order valence-electron chi connectivity index (χ0n) is 12.0. The predicted molar refractivity (Wildman–Crippen MR) is 72.8 cm³/mol. The summed E-state index contributed by atoms with van der Waals surface area (Å²) in [5, 5.41) is 17.6. The van der Waals surface area contributed by atoms with Gasteiger partial charge in [0.05, 0.1) is 30.6 Å². The monoisotopic (exact) mass is 275 g/mol. The highest BCUT2D eigenvalue weighted by atomic mass is 16.5. The van der Waals surface area contributed by atoms with Gasteiger partial charge in [0.15, 0.2) is 0 Å². The van der Waals surface area contributed by atoms with Crippen molar-refractivity contribution in [3.8, 4) is 6.07 Å². The smallest absolute Gasteiger partial charge is 0.0999 e. The first-order chi connectivity index (χ1) is 9.81. The topological polar surface area (TPSA) is 67.0 Å². The van der Waals surface area contributed by atoms with Gasteiger partial charge in [-0.05, 0) is 19.3 Å². The van der Waals surface area contributed by atoms with Crippen molar-refractivity contribution < 1.29 is 4.74 Å². The van der Waals surface area contributed by atoms with Gasteiger partial charge in [0.25, 0.3) is 0 Å². The molecule has 1 aliphatic carbocycles. The number of ether oxygens (including phenoxy) is 1. The second-order valence-electron chi connectivity index (χ2n) is 5.71. The fourth-order valence-electron chi connectivity index (χ4n) is 3.36. The predicted octanol–water partition coefficient (Wildman–Crippen LogP) is 0.975. The zero-order valence-corrected chi connectivity index (χ0v) is 12.0. The quantitative estimate of drug-likeness (QED) is 0.819. The minimum Gasteiger partial charge on any atom is -0.383 e. The van der Waals surface area contributed by atoms with Gasteiger partial charge in [-0.2, -0.15) is 5.26 Å². The standard InChI is InChI=1S/C14H21N5O/c1-20-7-6-19-14-4-5-18(10-13(14)16-17-19)12-3-2-11(8-12)9-15/h11-12H,2-8,10H2,1H3. The molecule has 1 saturated carbocycles. The lowest BCUT2D eigenvalue weighted by Crippen LogP contribution is -2.38. The van der Waals surface area contributed by atoms with Crippen LogP contribution >= 0.6 is 0 Å². The van der Waals surface area contributed by atoms with Gasteiger partial charge in [-0.25, -0.2) is 4.68 Å². The molecule has 0 amide bonds. The SMILES string of the molecule is COCCn1nnc2c1CCN(C1CCC(C#N)C1)C2. The normalized spacial score (nSPS) is 26.4. The first-order valence-electron chi connectivity index (χ1n) is 7.35. The molecular weight excluding hydrogens is 254 g/mol. The Labute approximate surface area is 119 Å². The van der Waals surface area contributed by atoms with Gasteiger partial charge >= 0.3 is 0 Å². The van der Waals surface area contributed by atoms with Crippen molar-refractivity contribution in [2.75, 3.05) is 20.3 Å². The molecule has 1 aliphatic heterocycles. The number of nitriles is 1. The Bertz CT molecular complexity index is 506. The third-order valence-corrected chi connectivity index (χ3v) is 4.52. The molecule has 0 radical (unpaired) electrons. The van der Waals surface area contributed by atoms with Crippen molar-refractivity contribution in [1.29, 1.82) is 5.26 Å². The van der Waals surface area contributed by atoms with E-state index in [4.69, 9.17) is 10.00 Å². The molecule has 2 atom stereocenters. The van der Waals surface area contributed by atoms with E-state index < -0.39 is 0 Å². The highest BCUT2D eigenvalue weighted by molar-refractivity contribution is 5.14. The van der Waals surface area contributed by atoms with Crippen molar-refractivity contribution in [2.45, 2.75) is 44.8 Å². The summed E-state index contributed by atoms with van der Waals surface area (Å²) in [4.78, 5) is 2.48. The fraction of sp³-hybridized carbons (Fsp3) is 0.786. The van der Waals surface area contributed by atoms with Crippen molar-refractivity contribution in [3.05, 3.63) is 11.4 Å². The summed E-state index contributed by atoms with van der Waals surface area (Å²) in [5.41, 5.74) is 2.36. The third-order valence-electron chi connectivity index (χ3n) is 4.52. The van der Waals surface area contributed by atoms with E-state index >= 15 is 0 Å². The molecule has 0 N–H and O–H groups in total. The third kappa shape index (κ3) is 2.56. The molecule has 0 saturated heterocycles. The summed E-state index contributed by atoms with van der Waals surface area (Å²) >= 11 is 0. The van der Waals surface area contributed by atoms with Crippen LogP contribution in [0.3, 0.4) is 0 Å². The summed E-state index contributed by atoms with van der Waals surface area (Å²) in [7, 11) is 1.71. The summed E-state index contributed by atoms with van der Waals surface area (Å²) in [5.74, 6) is 0.249. The van der Waals surface area contributed by atoms with Gasteiger partial charge in [-0.15, -0.1) is 5.10 Å². The number of nitrogens with zero attached hydrogens (tertiary/aromatic N) is 5. The van der Waals surface area contributed by atoms with Crippen LogP contribution < -0.4 is 0 Å². The second-order valence-corrected chi connectivity index (χ2v) is 5.71. The Balaban J connectivity index is 1.64. The van der Waals surface area contributed by atoms with E-state index in [2.05, 4.69) is 21.3 Å². The van der Waals surface area contributed by atoms with Gasteiger partial charge in [0.2, 0.25) is 0 Å². The van der Waals surface area contributed by atoms with Gasteiger partial charge < -0.3 is 4.74 Å². The van der Waals surface area contributed by atoms with Crippen molar-refractivity contribution in [1.82, 2.24) is 19.9 Å². The average Bonchev–Trinajstić information content (AvgIpc) is 3.11. The number of fused-ring (bicyclic) bond motifs is 1. The van der Waals surface area contributed by atoms with Crippen molar-refractivity contribution >= 4 is 0 Å². The molecule has 20 heavy (non-hydrogen) atoms. The van der Waals surface area contributed by atoms with E-state index in [1.807, 2.05) is 4.68 Å². The number of hydrogen-bond acceptors (Lipinski definition) is 5. The second kappa shape index (κ2) is 5.90. The van der Waals surface area contributed by atoms with Crippen LogP contribution in [-0.2, 0) is 24.2 Å². The summed E-state index contributed by atoms with van der Waals surface area (Å²) < 4.78 is 7.08. The van der Waals surface area contributed by atoms with Crippen LogP contribution in [0.25, 0.3) is 0 Å². The summed E-state index contributed by atoms with van der Waals surface area (Å²) in [6.45, 7) is 3.38. The van der Waals surface area contributed by atoms with Crippen molar-refractivity contribution in [2.24, 2.45) is 5.92 Å². The molecule has 0 spiro atoms. The van der Waals surface area contributed by atoms with Gasteiger partial charge in [0, 0.05) is 38.6 Å². The molecule has 2 heterocycles. The fourth-order valence-corrected chi connectivity index (χ4v) is 3.36. The molecule has 0 aromatic carbocycles. The van der Waals surface area contributed by atoms with E-state index in [1.54, 1.807) is 7.11 Å². The van der Waals surface area contributed by atoms with Gasteiger partial charge in [0.1, 0.15) is 0 Å². The lowest BCUT2D eigenvalue weighted by molar-refractivity contribution is 0.169. The van der Waals surface area contributed by atoms with Crippen LogP contribution in [0.1, 0.15) is 30.7 Å². The molecular formula is C14H21N5O. The number of methoxy groups -OCH3 is 1. The summed E-state index contributed by atoms with van der Waals surface area (Å²) in [6.07, 6.45) is 4.21. The van der Waals surface area contributed by atoms with Gasteiger partial charge in [-0.3, -0.25) is 4.90 Å². The first kappa shape index (κ1) is 13.5. The first-order valence-corrected chi connectivity index (χ1v) is 7.35. The van der Waals surface area contributed by atoms with Crippen molar-refractivity contribution in [3.63, 3.8) is 0 Å². The van der Waals surface area contributed by atoms with Gasteiger partial charge in [-0.1, -0.05) is 5.21 Å². The Kier molecular flexibility index (Phi) is 3.99. The summed E-state index contributed by atoms with van der Waals surface area (Å²) in [6, 6.07) is 2.96. The minimum atomic E-state index is 0.249. The lowest BCUT2D eigenvalue weighted by Gasteiger charge is -2.31. The Morgan fingerprint density at radius 1 is 1.45 bits per heavy atom. The lowest BCUT2D eigenvalue weighted by atomic mass is 10.1.